The molecule has 2 N–H and O–H groups in total. The molecule has 0 spiro atoms. The van der Waals surface area contributed by atoms with Crippen molar-refractivity contribution < 1.29 is 0 Å². The number of hydrogen-bond acceptors (Lipinski definition) is 3. The van der Waals surface area contributed by atoms with Gasteiger partial charge in [0.15, 0.2) is 0 Å². The standard InChI is InChI=1S/C16H23ClN4/c1-4-20(10-13-6-8-14(18)9-7-13)11-15-16(17)12(3)19-21(15)5-2/h6-9H,4-5,10-11,18H2,1-3H3. The van der Waals surface area contributed by atoms with Gasteiger partial charge in [-0.1, -0.05) is 30.7 Å². The Balaban J connectivity index is 2.14. The zero-order valence-electron chi connectivity index (χ0n) is 12.9. The molecule has 2 aromatic rings. The van der Waals surface area contributed by atoms with Gasteiger partial charge in [0, 0.05) is 25.3 Å². The number of benzene rings is 1. The molecule has 0 amide bonds. The minimum absolute atomic E-state index is 0.785. The van der Waals surface area contributed by atoms with Crippen molar-refractivity contribution in [3.8, 4) is 0 Å². The van der Waals surface area contributed by atoms with Gasteiger partial charge in [0.2, 0.25) is 0 Å². The van der Waals surface area contributed by atoms with Crippen molar-refractivity contribution in [2.45, 2.75) is 40.4 Å². The highest BCUT2D eigenvalue weighted by Crippen LogP contribution is 2.22. The first kappa shape index (κ1) is 15.9. The van der Waals surface area contributed by atoms with Crippen LogP contribution in [0.25, 0.3) is 0 Å². The van der Waals surface area contributed by atoms with Crippen LogP contribution in [0.5, 0.6) is 0 Å². The molecule has 114 valence electrons. The predicted molar refractivity (Wildman–Crippen MR) is 88.3 cm³/mol. The molecular weight excluding hydrogens is 284 g/mol. The lowest BCUT2D eigenvalue weighted by Crippen LogP contribution is -2.24. The van der Waals surface area contributed by atoms with Crippen LogP contribution in [0.2, 0.25) is 5.02 Å². The number of anilines is 1. The van der Waals surface area contributed by atoms with Crippen LogP contribution < -0.4 is 5.73 Å². The molecule has 0 bridgehead atoms. The van der Waals surface area contributed by atoms with Crippen LogP contribution in [0.3, 0.4) is 0 Å². The molecule has 0 saturated carbocycles. The normalized spacial score (nSPS) is 11.3. The molecule has 0 aliphatic rings. The number of aryl methyl sites for hydroxylation is 2. The Labute approximate surface area is 131 Å². The summed E-state index contributed by atoms with van der Waals surface area (Å²) in [5.41, 5.74) is 9.77. The average molecular weight is 307 g/mol. The fourth-order valence-corrected chi connectivity index (χ4v) is 2.59. The van der Waals surface area contributed by atoms with Gasteiger partial charge in [-0.2, -0.15) is 5.10 Å². The van der Waals surface area contributed by atoms with Crippen molar-refractivity contribution >= 4 is 17.3 Å². The first-order chi connectivity index (χ1) is 10.0. The molecule has 0 saturated heterocycles. The van der Waals surface area contributed by atoms with Gasteiger partial charge >= 0.3 is 0 Å². The second-order valence-electron chi connectivity index (χ2n) is 5.21. The summed E-state index contributed by atoms with van der Waals surface area (Å²) >= 11 is 6.39. The molecule has 0 atom stereocenters. The third-order valence-corrected chi connectivity index (χ3v) is 4.15. The van der Waals surface area contributed by atoms with E-state index in [1.807, 2.05) is 23.7 Å². The highest BCUT2D eigenvalue weighted by atomic mass is 35.5. The SMILES string of the molecule is CCN(Cc1ccc(N)cc1)Cc1c(Cl)c(C)nn1CC. The number of nitrogen functional groups attached to an aromatic ring is 1. The Morgan fingerprint density at radius 1 is 1.19 bits per heavy atom. The summed E-state index contributed by atoms with van der Waals surface area (Å²) in [5, 5.41) is 5.26. The molecular formula is C16H23ClN4. The van der Waals surface area contributed by atoms with Gasteiger partial charge in [-0.05, 0) is 38.1 Å². The van der Waals surface area contributed by atoms with Crippen LogP contribution in [0, 0.1) is 6.92 Å². The van der Waals surface area contributed by atoms with Crippen molar-refractivity contribution in [2.75, 3.05) is 12.3 Å². The lowest BCUT2D eigenvalue weighted by Gasteiger charge is -2.21. The monoisotopic (exact) mass is 306 g/mol. The molecule has 21 heavy (non-hydrogen) atoms. The van der Waals surface area contributed by atoms with Crippen molar-refractivity contribution in [3.05, 3.63) is 46.2 Å². The lowest BCUT2D eigenvalue weighted by molar-refractivity contribution is 0.262. The molecule has 0 aliphatic heterocycles. The number of nitrogens with two attached hydrogens (primary N) is 1. The maximum atomic E-state index is 6.39. The van der Waals surface area contributed by atoms with Crippen molar-refractivity contribution in [2.24, 2.45) is 0 Å². The van der Waals surface area contributed by atoms with Gasteiger partial charge in [-0.3, -0.25) is 9.58 Å². The summed E-state index contributed by atoms with van der Waals surface area (Å²) in [6, 6.07) is 8.02. The zero-order valence-corrected chi connectivity index (χ0v) is 13.7. The molecule has 1 heterocycles. The van der Waals surface area contributed by atoms with E-state index in [4.69, 9.17) is 17.3 Å². The van der Waals surface area contributed by atoms with Crippen molar-refractivity contribution in [3.63, 3.8) is 0 Å². The number of aromatic nitrogens is 2. The van der Waals surface area contributed by atoms with Gasteiger partial charge in [-0.15, -0.1) is 0 Å². The van der Waals surface area contributed by atoms with E-state index in [0.717, 1.165) is 48.3 Å². The number of rotatable bonds is 6. The molecule has 0 unspecified atom stereocenters. The molecule has 2 rings (SSSR count). The van der Waals surface area contributed by atoms with Crippen LogP contribution in [-0.4, -0.2) is 21.2 Å². The number of halogens is 1. The van der Waals surface area contributed by atoms with E-state index in [-0.39, 0.29) is 0 Å². The van der Waals surface area contributed by atoms with E-state index in [2.05, 4.69) is 36.0 Å². The Bertz CT molecular complexity index is 589. The Morgan fingerprint density at radius 3 is 2.43 bits per heavy atom. The van der Waals surface area contributed by atoms with Crippen molar-refractivity contribution in [1.29, 1.82) is 0 Å². The van der Waals surface area contributed by atoms with Gasteiger partial charge < -0.3 is 5.73 Å². The summed E-state index contributed by atoms with van der Waals surface area (Å²) in [4.78, 5) is 2.35. The minimum atomic E-state index is 0.785. The van der Waals surface area contributed by atoms with E-state index in [9.17, 15) is 0 Å². The van der Waals surface area contributed by atoms with E-state index >= 15 is 0 Å². The van der Waals surface area contributed by atoms with Crippen LogP contribution >= 0.6 is 11.6 Å². The largest absolute Gasteiger partial charge is 0.399 e. The van der Waals surface area contributed by atoms with Crippen LogP contribution in [0.1, 0.15) is 30.8 Å². The Hall–Kier alpha value is -1.52. The predicted octanol–water partition coefficient (Wildman–Crippen LogP) is 3.47. The van der Waals surface area contributed by atoms with Crippen molar-refractivity contribution in [1.82, 2.24) is 14.7 Å². The van der Waals surface area contributed by atoms with Crippen LogP contribution in [0.4, 0.5) is 5.69 Å². The molecule has 1 aromatic heterocycles. The fourth-order valence-electron chi connectivity index (χ4n) is 2.39. The quantitative estimate of drug-likeness (QED) is 0.831. The Kier molecular flexibility index (Phi) is 5.26. The third-order valence-electron chi connectivity index (χ3n) is 3.66. The summed E-state index contributed by atoms with van der Waals surface area (Å²) < 4.78 is 1.99. The van der Waals surface area contributed by atoms with Gasteiger partial charge in [-0.25, -0.2) is 0 Å². The second kappa shape index (κ2) is 6.96. The molecule has 0 aliphatic carbocycles. The van der Waals surface area contributed by atoms with E-state index in [0.29, 0.717) is 0 Å². The van der Waals surface area contributed by atoms with Gasteiger partial charge in [0.05, 0.1) is 16.4 Å². The molecule has 1 aromatic carbocycles. The fraction of sp³-hybridized carbons (Fsp3) is 0.438. The average Bonchev–Trinajstić information content (AvgIpc) is 2.76. The Morgan fingerprint density at radius 2 is 1.86 bits per heavy atom. The summed E-state index contributed by atoms with van der Waals surface area (Å²) in [5.74, 6) is 0. The van der Waals surface area contributed by atoms with E-state index < -0.39 is 0 Å². The van der Waals surface area contributed by atoms with Crippen LogP contribution in [0.15, 0.2) is 24.3 Å². The maximum Gasteiger partial charge on any atom is 0.0860 e. The molecule has 0 fully saturated rings. The topological polar surface area (TPSA) is 47.1 Å². The zero-order chi connectivity index (χ0) is 15.4. The summed E-state index contributed by atoms with van der Waals surface area (Å²) in [7, 11) is 0. The van der Waals surface area contributed by atoms with Gasteiger partial charge in [0.25, 0.3) is 0 Å². The van der Waals surface area contributed by atoms with Gasteiger partial charge in [0.1, 0.15) is 0 Å². The molecule has 5 heteroatoms. The van der Waals surface area contributed by atoms with E-state index in [1.54, 1.807) is 0 Å². The first-order valence-corrected chi connectivity index (χ1v) is 7.71. The van der Waals surface area contributed by atoms with Crippen LogP contribution in [-0.2, 0) is 19.6 Å². The lowest BCUT2D eigenvalue weighted by atomic mass is 10.2. The first-order valence-electron chi connectivity index (χ1n) is 7.33. The summed E-state index contributed by atoms with van der Waals surface area (Å²) in [6.07, 6.45) is 0. The molecule has 4 nitrogen and oxygen atoms in total. The third kappa shape index (κ3) is 3.77. The number of nitrogens with zero attached hydrogens (tertiary/aromatic N) is 3. The maximum absolute atomic E-state index is 6.39. The highest BCUT2D eigenvalue weighted by molar-refractivity contribution is 6.31. The smallest absolute Gasteiger partial charge is 0.0860 e. The summed E-state index contributed by atoms with van der Waals surface area (Å²) in [6.45, 7) is 9.66. The molecule has 0 radical (unpaired) electrons. The minimum Gasteiger partial charge on any atom is -0.399 e. The van der Waals surface area contributed by atoms with E-state index in [1.165, 1.54) is 5.56 Å². The second-order valence-corrected chi connectivity index (χ2v) is 5.58. The highest BCUT2D eigenvalue weighted by Gasteiger charge is 2.15. The number of hydrogen-bond donors (Lipinski definition) is 1.